The van der Waals surface area contributed by atoms with Crippen molar-refractivity contribution in [2.24, 2.45) is 5.73 Å². The molecule has 2 unspecified atom stereocenters. The number of hydrogen-bond acceptors (Lipinski definition) is 4. The zero-order chi connectivity index (χ0) is 13.8. The zero-order valence-corrected chi connectivity index (χ0v) is 12.4. The minimum absolute atomic E-state index is 0.305. The molecule has 5 heteroatoms. The molecule has 0 radical (unpaired) electrons. The first-order chi connectivity index (χ1) is 9.17. The van der Waals surface area contributed by atoms with Gasteiger partial charge in [0.2, 0.25) is 0 Å². The van der Waals surface area contributed by atoms with Gasteiger partial charge in [-0.3, -0.25) is 4.90 Å². The maximum absolute atomic E-state index is 6.03. The first kappa shape index (κ1) is 14.5. The van der Waals surface area contributed by atoms with Crippen LogP contribution in [0.2, 0.25) is 0 Å². The molecular formula is C14H27N5. The highest BCUT2D eigenvalue weighted by Gasteiger charge is 2.30. The van der Waals surface area contributed by atoms with E-state index in [2.05, 4.69) is 40.4 Å². The Balaban J connectivity index is 2.10. The van der Waals surface area contributed by atoms with Gasteiger partial charge in [-0.25, -0.2) is 4.98 Å². The standard InChI is InChI=1S/C14H27N5/c1-4-6-19-11-16-9-14(19)13(8-15)18-7-5-12(10-18)17(2)3/h9,11-13H,4-8,10,15H2,1-3H3. The van der Waals surface area contributed by atoms with Crippen molar-refractivity contribution in [2.75, 3.05) is 33.7 Å². The Morgan fingerprint density at radius 2 is 2.32 bits per heavy atom. The molecule has 2 rings (SSSR count). The number of nitrogens with two attached hydrogens (primary N) is 1. The van der Waals surface area contributed by atoms with Crippen molar-refractivity contribution in [3.8, 4) is 0 Å². The Kier molecular flexibility index (Phi) is 4.96. The fourth-order valence-electron chi connectivity index (χ4n) is 2.97. The third-order valence-corrected chi connectivity index (χ3v) is 4.14. The fourth-order valence-corrected chi connectivity index (χ4v) is 2.97. The molecule has 1 saturated heterocycles. The molecule has 1 aromatic rings. The first-order valence-corrected chi connectivity index (χ1v) is 7.28. The van der Waals surface area contributed by atoms with E-state index in [0.717, 1.165) is 26.1 Å². The smallest absolute Gasteiger partial charge is 0.0948 e. The second-order valence-electron chi connectivity index (χ2n) is 5.66. The normalized spacial score (nSPS) is 22.3. The molecule has 0 bridgehead atoms. The van der Waals surface area contributed by atoms with Crippen LogP contribution in [0.25, 0.3) is 0 Å². The molecule has 0 aromatic carbocycles. The Morgan fingerprint density at radius 3 is 2.89 bits per heavy atom. The van der Waals surface area contributed by atoms with E-state index in [1.54, 1.807) is 0 Å². The Morgan fingerprint density at radius 1 is 1.53 bits per heavy atom. The van der Waals surface area contributed by atoms with Gasteiger partial charge in [0.05, 0.1) is 18.1 Å². The third kappa shape index (κ3) is 3.16. The van der Waals surface area contributed by atoms with Gasteiger partial charge in [-0.1, -0.05) is 6.92 Å². The summed E-state index contributed by atoms with van der Waals surface area (Å²) in [7, 11) is 4.32. The molecule has 19 heavy (non-hydrogen) atoms. The molecule has 2 atom stereocenters. The lowest BCUT2D eigenvalue weighted by molar-refractivity contribution is 0.213. The van der Waals surface area contributed by atoms with Crippen molar-refractivity contribution in [1.82, 2.24) is 19.4 Å². The van der Waals surface area contributed by atoms with E-state index in [1.165, 1.54) is 12.1 Å². The predicted octanol–water partition coefficient (Wildman–Crippen LogP) is 0.929. The van der Waals surface area contributed by atoms with Crippen molar-refractivity contribution in [2.45, 2.75) is 38.4 Å². The van der Waals surface area contributed by atoms with E-state index in [-0.39, 0.29) is 0 Å². The monoisotopic (exact) mass is 265 g/mol. The maximum atomic E-state index is 6.03. The number of nitrogens with zero attached hydrogens (tertiary/aromatic N) is 4. The molecule has 1 aliphatic heterocycles. The summed E-state index contributed by atoms with van der Waals surface area (Å²) >= 11 is 0. The predicted molar refractivity (Wildman–Crippen MR) is 78.0 cm³/mol. The molecular weight excluding hydrogens is 238 g/mol. The summed E-state index contributed by atoms with van der Waals surface area (Å²) in [4.78, 5) is 9.13. The Bertz CT molecular complexity index is 387. The van der Waals surface area contributed by atoms with Crippen molar-refractivity contribution in [3.63, 3.8) is 0 Å². The number of rotatable bonds is 6. The van der Waals surface area contributed by atoms with Crippen LogP contribution in [-0.4, -0.2) is 59.1 Å². The van der Waals surface area contributed by atoms with Crippen molar-refractivity contribution >= 4 is 0 Å². The lowest BCUT2D eigenvalue weighted by atomic mass is 10.2. The number of likely N-dealkylation sites (tertiary alicyclic amines) is 1. The fraction of sp³-hybridized carbons (Fsp3) is 0.786. The highest BCUT2D eigenvalue weighted by atomic mass is 15.3. The van der Waals surface area contributed by atoms with E-state index in [0.29, 0.717) is 18.6 Å². The molecule has 1 aliphatic rings. The van der Waals surface area contributed by atoms with E-state index in [9.17, 15) is 0 Å². The van der Waals surface area contributed by atoms with Crippen LogP contribution in [-0.2, 0) is 6.54 Å². The third-order valence-electron chi connectivity index (χ3n) is 4.14. The van der Waals surface area contributed by atoms with Gasteiger partial charge in [-0.05, 0) is 26.9 Å². The molecule has 5 nitrogen and oxygen atoms in total. The van der Waals surface area contributed by atoms with Crippen molar-refractivity contribution < 1.29 is 0 Å². The first-order valence-electron chi connectivity index (χ1n) is 7.28. The van der Waals surface area contributed by atoms with E-state index < -0.39 is 0 Å². The summed E-state index contributed by atoms with van der Waals surface area (Å²) in [6, 6.07) is 0.954. The average Bonchev–Trinajstić information content (AvgIpc) is 3.01. The van der Waals surface area contributed by atoms with Crippen LogP contribution in [0.4, 0.5) is 0 Å². The van der Waals surface area contributed by atoms with Gasteiger partial charge in [-0.15, -0.1) is 0 Å². The summed E-state index contributed by atoms with van der Waals surface area (Å²) in [6.45, 7) is 6.11. The maximum Gasteiger partial charge on any atom is 0.0948 e. The van der Waals surface area contributed by atoms with Crippen LogP contribution in [0.3, 0.4) is 0 Å². The highest BCUT2D eigenvalue weighted by Crippen LogP contribution is 2.25. The number of likely N-dealkylation sites (N-methyl/N-ethyl adjacent to an activating group) is 1. The molecule has 108 valence electrons. The molecule has 0 saturated carbocycles. The minimum atomic E-state index is 0.305. The Hall–Kier alpha value is -0.910. The van der Waals surface area contributed by atoms with E-state index in [4.69, 9.17) is 5.73 Å². The average molecular weight is 265 g/mol. The second kappa shape index (κ2) is 6.50. The molecule has 2 N–H and O–H groups in total. The largest absolute Gasteiger partial charge is 0.333 e. The quantitative estimate of drug-likeness (QED) is 0.831. The molecule has 1 aromatic heterocycles. The second-order valence-corrected chi connectivity index (χ2v) is 5.66. The molecule has 0 spiro atoms. The van der Waals surface area contributed by atoms with Gasteiger partial charge in [-0.2, -0.15) is 0 Å². The van der Waals surface area contributed by atoms with Gasteiger partial charge in [0.15, 0.2) is 0 Å². The van der Waals surface area contributed by atoms with Crippen LogP contribution in [0.1, 0.15) is 31.5 Å². The van der Waals surface area contributed by atoms with Crippen LogP contribution in [0.5, 0.6) is 0 Å². The lowest BCUT2D eigenvalue weighted by Gasteiger charge is -2.28. The van der Waals surface area contributed by atoms with Crippen LogP contribution < -0.4 is 5.73 Å². The minimum Gasteiger partial charge on any atom is -0.333 e. The number of imidazole rings is 1. The van der Waals surface area contributed by atoms with Gasteiger partial charge in [0.25, 0.3) is 0 Å². The van der Waals surface area contributed by atoms with Crippen LogP contribution >= 0.6 is 0 Å². The summed E-state index contributed by atoms with van der Waals surface area (Å²) in [6.07, 6.45) is 6.27. The summed E-state index contributed by atoms with van der Waals surface area (Å²) in [5.74, 6) is 0. The number of aryl methyl sites for hydroxylation is 1. The van der Waals surface area contributed by atoms with Crippen LogP contribution in [0.15, 0.2) is 12.5 Å². The lowest BCUT2D eigenvalue weighted by Crippen LogP contribution is -2.36. The zero-order valence-electron chi connectivity index (χ0n) is 12.4. The van der Waals surface area contributed by atoms with E-state index >= 15 is 0 Å². The number of aromatic nitrogens is 2. The van der Waals surface area contributed by atoms with Crippen molar-refractivity contribution in [1.29, 1.82) is 0 Å². The van der Waals surface area contributed by atoms with E-state index in [1.807, 2.05) is 12.5 Å². The molecule has 2 heterocycles. The summed E-state index contributed by atoms with van der Waals surface area (Å²) in [5.41, 5.74) is 7.30. The van der Waals surface area contributed by atoms with Crippen LogP contribution in [0, 0.1) is 0 Å². The highest BCUT2D eigenvalue weighted by molar-refractivity contribution is 5.08. The molecule has 0 amide bonds. The molecule has 1 fully saturated rings. The topological polar surface area (TPSA) is 50.3 Å². The molecule has 0 aliphatic carbocycles. The van der Waals surface area contributed by atoms with Crippen molar-refractivity contribution in [3.05, 3.63) is 18.2 Å². The van der Waals surface area contributed by atoms with Gasteiger partial charge >= 0.3 is 0 Å². The SMILES string of the molecule is CCCn1cncc1C(CN)N1CCC(N(C)C)C1. The van der Waals surface area contributed by atoms with Gasteiger partial charge < -0.3 is 15.2 Å². The van der Waals surface area contributed by atoms with Gasteiger partial charge in [0, 0.05) is 38.4 Å². The summed E-state index contributed by atoms with van der Waals surface area (Å²) in [5, 5.41) is 0. The summed E-state index contributed by atoms with van der Waals surface area (Å²) < 4.78 is 2.25. The Labute approximate surface area is 116 Å². The van der Waals surface area contributed by atoms with Gasteiger partial charge in [0.1, 0.15) is 0 Å². The number of hydrogen-bond donors (Lipinski definition) is 1.